The van der Waals surface area contributed by atoms with Gasteiger partial charge in [-0.3, -0.25) is 9.54 Å². The summed E-state index contributed by atoms with van der Waals surface area (Å²) in [5.74, 6) is 0.496. The molecule has 0 atom stereocenters. The van der Waals surface area contributed by atoms with Crippen molar-refractivity contribution in [1.29, 1.82) is 0 Å². The first kappa shape index (κ1) is 18.3. The summed E-state index contributed by atoms with van der Waals surface area (Å²) in [7, 11) is -4.26. The molecule has 2 aromatic rings. The van der Waals surface area contributed by atoms with Crippen molar-refractivity contribution in [1.82, 2.24) is 4.98 Å². The van der Waals surface area contributed by atoms with E-state index in [9.17, 15) is 8.42 Å². The van der Waals surface area contributed by atoms with Crippen LogP contribution in [0.1, 0.15) is 6.92 Å². The SMILES string of the molecule is CCOc1ccc(S(=O)(=O)O)c2cccnc12.O.[Na]. The Hall–Kier alpha value is -0.700. The summed E-state index contributed by atoms with van der Waals surface area (Å²) >= 11 is 0. The fraction of sp³-hybridized carbons (Fsp3) is 0.182. The van der Waals surface area contributed by atoms with Gasteiger partial charge in [0.2, 0.25) is 0 Å². The number of aromatic nitrogens is 1. The first-order valence-corrected chi connectivity index (χ1v) is 6.46. The number of fused-ring (bicyclic) bond motifs is 1. The second-order valence-corrected chi connectivity index (χ2v) is 4.76. The van der Waals surface area contributed by atoms with E-state index in [1.54, 1.807) is 18.3 Å². The molecule has 1 aromatic heterocycles. The van der Waals surface area contributed by atoms with Crippen LogP contribution >= 0.6 is 0 Å². The molecule has 19 heavy (non-hydrogen) atoms. The van der Waals surface area contributed by atoms with E-state index >= 15 is 0 Å². The van der Waals surface area contributed by atoms with Gasteiger partial charge in [-0.15, -0.1) is 0 Å². The van der Waals surface area contributed by atoms with Gasteiger partial charge in [0.1, 0.15) is 16.2 Å². The number of benzene rings is 1. The van der Waals surface area contributed by atoms with E-state index in [0.717, 1.165) is 0 Å². The molecule has 0 saturated carbocycles. The molecular formula is C11H13NNaO5S. The van der Waals surface area contributed by atoms with Crippen molar-refractivity contribution >= 4 is 50.6 Å². The van der Waals surface area contributed by atoms with Gasteiger partial charge in [0.05, 0.1) is 6.61 Å². The van der Waals surface area contributed by atoms with Gasteiger partial charge in [-0.05, 0) is 31.2 Å². The third-order valence-corrected chi connectivity index (χ3v) is 3.18. The zero-order valence-electron chi connectivity index (χ0n) is 10.6. The monoisotopic (exact) mass is 294 g/mol. The van der Waals surface area contributed by atoms with Crippen LogP contribution in [0.5, 0.6) is 5.75 Å². The summed E-state index contributed by atoms with van der Waals surface area (Å²) in [5, 5.41) is 0.348. The molecule has 3 N–H and O–H groups in total. The van der Waals surface area contributed by atoms with Crippen LogP contribution in [0.15, 0.2) is 35.4 Å². The molecule has 0 unspecified atom stereocenters. The number of hydrogen-bond donors (Lipinski definition) is 1. The van der Waals surface area contributed by atoms with Crippen LogP contribution in [0.3, 0.4) is 0 Å². The van der Waals surface area contributed by atoms with Crippen molar-refractivity contribution < 1.29 is 23.2 Å². The van der Waals surface area contributed by atoms with E-state index in [1.165, 1.54) is 12.1 Å². The van der Waals surface area contributed by atoms with Crippen LogP contribution in [-0.2, 0) is 10.1 Å². The Morgan fingerprint density at radius 1 is 1.32 bits per heavy atom. The van der Waals surface area contributed by atoms with E-state index in [0.29, 0.717) is 23.3 Å². The fourth-order valence-corrected chi connectivity index (χ4v) is 2.30. The number of rotatable bonds is 3. The smallest absolute Gasteiger partial charge is 0.295 e. The maximum Gasteiger partial charge on any atom is 0.295 e. The number of pyridine rings is 1. The van der Waals surface area contributed by atoms with Gasteiger partial charge >= 0.3 is 0 Å². The van der Waals surface area contributed by atoms with Crippen LogP contribution in [0, 0.1) is 0 Å². The van der Waals surface area contributed by atoms with Crippen LogP contribution in [0.4, 0.5) is 0 Å². The predicted molar refractivity (Wildman–Crippen MR) is 72.1 cm³/mol. The topological polar surface area (TPSA) is 108 Å². The Morgan fingerprint density at radius 3 is 2.58 bits per heavy atom. The van der Waals surface area contributed by atoms with Gasteiger partial charge in [0, 0.05) is 41.1 Å². The van der Waals surface area contributed by atoms with Crippen LogP contribution in [0.25, 0.3) is 10.9 Å². The van der Waals surface area contributed by atoms with Gasteiger partial charge in [-0.2, -0.15) is 8.42 Å². The Bertz CT molecular complexity index is 659. The van der Waals surface area contributed by atoms with Crippen LogP contribution in [-0.4, -0.2) is 59.6 Å². The third-order valence-electron chi connectivity index (χ3n) is 2.27. The van der Waals surface area contributed by atoms with E-state index in [1.807, 2.05) is 6.92 Å². The molecule has 0 aliphatic heterocycles. The summed E-state index contributed by atoms with van der Waals surface area (Å²) in [6.07, 6.45) is 1.54. The van der Waals surface area contributed by atoms with Gasteiger partial charge < -0.3 is 10.2 Å². The zero-order chi connectivity index (χ0) is 12.5. The van der Waals surface area contributed by atoms with Crippen molar-refractivity contribution in [3.63, 3.8) is 0 Å². The van der Waals surface area contributed by atoms with Crippen molar-refractivity contribution in [2.75, 3.05) is 6.61 Å². The molecule has 8 heteroatoms. The summed E-state index contributed by atoms with van der Waals surface area (Å²) in [5.41, 5.74) is 0.421. The predicted octanol–water partition coefficient (Wildman–Crippen LogP) is 0.675. The van der Waals surface area contributed by atoms with Crippen LogP contribution in [0.2, 0.25) is 0 Å². The zero-order valence-corrected chi connectivity index (χ0v) is 13.4. The maximum atomic E-state index is 11.2. The molecule has 0 amide bonds. The molecule has 0 bridgehead atoms. The minimum absolute atomic E-state index is 0. The molecule has 99 valence electrons. The van der Waals surface area contributed by atoms with Crippen molar-refractivity contribution in [2.45, 2.75) is 11.8 Å². The minimum Gasteiger partial charge on any atom is -0.492 e. The Balaban J connectivity index is 0.00000162. The van der Waals surface area contributed by atoms with Crippen molar-refractivity contribution in [3.8, 4) is 5.75 Å². The number of nitrogens with zero attached hydrogens (tertiary/aromatic N) is 1. The van der Waals surface area contributed by atoms with Crippen molar-refractivity contribution in [2.24, 2.45) is 0 Å². The average molecular weight is 294 g/mol. The molecule has 2 rings (SSSR count). The molecule has 1 heterocycles. The summed E-state index contributed by atoms with van der Waals surface area (Å²) < 4.78 is 36.9. The van der Waals surface area contributed by atoms with E-state index < -0.39 is 10.1 Å². The quantitative estimate of drug-likeness (QED) is 0.661. The average Bonchev–Trinajstić information content (AvgIpc) is 2.28. The van der Waals surface area contributed by atoms with E-state index in [4.69, 9.17) is 9.29 Å². The first-order chi connectivity index (χ1) is 8.04. The molecule has 1 aromatic carbocycles. The Labute approximate surface area is 133 Å². The Morgan fingerprint density at radius 2 is 2.00 bits per heavy atom. The summed E-state index contributed by atoms with van der Waals surface area (Å²) in [6.45, 7) is 2.28. The molecule has 0 aliphatic rings. The van der Waals surface area contributed by atoms with E-state index in [2.05, 4.69) is 4.98 Å². The molecule has 1 radical (unpaired) electrons. The maximum absolute atomic E-state index is 11.2. The first-order valence-electron chi connectivity index (χ1n) is 5.02. The second-order valence-electron chi connectivity index (χ2n) is 3.37. The molecule has 0 fully saturated rings. The van der Waals surface area contributed by atoms with Crippen LogP contribution < -0.4 is 4.74 Å². The van der Waals surface area contributed by atoms with E-state index in [-0.39, 0.29) is 39.9 Å². The van der Waals surface area contributed by atoms with Crippen molar-refractivity contribution in [3.05, 3.63) is 30.5 Å². The molecule has 0 saturated heterocycles. The summed E-state index contributed by atoms with van der Waals surface area (Å²) in [4.78, 5) is 3.91. The molecule has 0 aliphatic carbocycles. The van der Waals surface area contributed by atoms with Gasteiger partial charge in [0.25, 0.3) is 10.1 Å². The minimum atomic E-state index is -4.26. The number of hydrogen-bond acceptors (Lipinski definition) is 4. The Kier molecular flexibility index (Phi) is 6.92. The normalized spacial score (nSPS) is 10.4. The molecule has 0 spiro atoms. The van der Waals surface area contributed by atoms with Gasteiger partial charge in [0.15, 0.2) is 0 Å². The molecule has 6 nitrogen and oxygen atoms in total. The van der Waals surface area contributed by atoms with Gasteiger partial charge in [-0.1, -0.05) is 0 Å². The summed E-state index contributed by atoms with van der Waals surface area (Å²) in [6, 6.07) is 5.98. The standard InChI is InChI=1S/C11H11NO4S.Na.H2O/c1-2-16-9-5-6-10(17(13,14)15)8-4-3-7-12-11(8)9;;/h3-7H,2H2,1H3,(H,13,14,15);;1H2. The number of ether oxygens (including phenoxy) is 1. The largest absolute Gasteiger partial charge is 0.492 e. The second kappa shape index (κ2) is 7.18. The van der Waals surface area contributed by atoms with Gasteiger partial charge in [-0.25, -0.2) is 0 Å². The third kappa shape index (κ3) is 3.88. The molecular weight excluding hydrogens is 281 g/mol. The fourth-order valence-electron chi connectivity index (χ4n) is 1.62.